The summed E-state index contributed by atoms with van der Waals surface area (Å²) in [5, 5.41) is 4.71. The molecule has 0 spiro atoms. The number of carbonyl (C=O) groups excluding carboxylic acids is 1. The van der Waals surface area contributed by atoms with Gasteiger partial charge in [0.1, 0.15) is 11.5 Å². The fraction of sp³-hybridized carbons (Fsp3) is 0.267. The van der Waals surface area contributed by atoms with E-state index >= 15 is 0 Å². The molecule has 1 N–H and O–H groups in total. The van der Waals surface area contributed by atoms with Crippen LogP contribution in [0.25, 0.3) is 0 Å². The van der Waals surface area contributed by atoms with Crippen LogP contribution in [0.5, 0.6) is 11.5 Å². The monoisotopic (exact) mass is 319 g/mol. The van der Waals surface area contributed by atoms with Crippen molar-refractivity contribution >= 4 is 28.5 Å². The van der Waals surface area contributed by atoms with E-state index in [-0.39, 0.29) is 5.78 Å². The molecule has 0 bridgehead atoms. The number of ether oxygens (including phenoxy) is 2. The molecule has 6 nitrogen and oxygen atoms in total. The minimum Gasteiger partial charge on any atom is -0.497 e. The molecule has 116 valence electrons. The molecule has 0 saturated carbocycles. The van der Waals surface area contributed by atoms with Gasteiger partial charge < -0.3 is 9.47 Å². The summed E-state index contributed by atoms with van der Waals surface area (Å²) >= 11 is 1.28. The SMILES string of the molecule is COc1ccc(OC)c(/C=N\Nc2nc(C)c(C(C)=O)s2)c1. The summed E-state index contributed by atoms with van der Waals surface area (Å²) in [6.45, 7) is 3.32. The molecule has 1 aromatic carbocycles. The highest BCUT2D eigenvalue weighted by Gasteiger charge is 2.10. The molecule has 0 unspecified atom stereocenters. The molecular formula is C15H17N3O3S. The van der Waals surface area contributed by atoms with Crippen LogP contribution in [0, 0.1) is 6.92 Å². The molecule has 0 saturated heterocycles. The number of nitrogens with one attached hydrogen (secondary N) is 1. The zero-order valence-corrected chi connectivity index (χ0v) is 13.7. The Bertz CT molecular complexity index is 710. The van der Waals surface area contributed by atoms with Gasteiger partial charge in [-0.25, -0.2) is 4.98 Å². The van der Waals surface area contributed by atoms with Gasteiger partial charge in [0.15, 0.2) is 5.78 Å². The third-order valence-corrected chi connectivity index (χ3v) is 4.08. The van der Waals surface area contributed by atoms with Crippen molar-refractivity contribution in [2.45, 2.75) is 13.8 Å². The zero-order valence-electron chi connectivity index (χ0n) is 12.8. The molecule has 0 radical (unpaired) electrons. The van der Waals surface area contributed by atoms with Crippen molar-refractivity contribution in [3.8, 4) is 11.5 Å². The highest BCUT2D eigenvalue weighted by molar-refractivity contribution is 7.17. The van der Waals surface area contributed by atoms with E-state index in [2.05, 4.69) is 15.5 Å². The maximum absolute atomic E-state index is 11.4. The van der Waals surface area contributed by atoms with Crippen LogP contribution in [-0.4, -0.2) is 31.2 Å². The molecule has 0 fully saturated rings. The van der Waals surface area contributed by atoms with Crippen molar-refractivity contribution in [2.24, 2.45) is 5.10 Å². The van der Waals surface area contributed by atoms with Crippen molar-refractivity contribution in [3.63, 3.8) is 0 Å². The van der Waals surface area contributed by atoms with Crippen LogP contribution in [-0.2, 0) is 0 Å². The lowest BCUT2D eigenvalue weighted by Gasteiger charge is -2.06. The van der Waals surface area contributed by atoms with Gasteiger partial charge in [0.25, 0.3) is 0 Å². The minimum absolute atomic E-state index is 0.00138. The second-order valence-corrected chi connectivity index (χ2v) is 5.47. The molecule has 0 atom stereocenters. The lowest BCUT2D eigenvalue weighted by atomic mass is 10.2. The molecule has 2 rings (SSSR count). The zero-order chi connectivity index (χ0) is 16.1. The van der Waals surface area contributed by atoms with E-state index in [1.54, 1.807) is 27.4 Å². The predicted molar refractivity (Wildman–Crippen MR) is 87.6 cm³/mol. The van der Waals surface area contributed by atoms with E-state index in [0.29, 0.717) is 27.2 Å². The first-order valence-electron chi connectivity index (χ1n) is 6.54. The molecule has 0 aliphatic rings. The Morgan fingerprint density at radius 3 is 2.73 bits per heavy atom. The maximum atomic E-state index is 11.4. The minimum atomic E-state index is 0.00138. The fourth-order valence-corrected chi connectivity index (χ4v) is 2.68. The summed E-state index contributed by atoms with van der Waals surface area (Å²) in [7, 11) is 3.19. The summed E-state index contributed by atoms with van der Waals surface area (Å²) in [5.74, 6) is 1.40. The molecule has 1 aromatic heterocycles. The molecule has 0 aliphatic carbocycles. The second-order valence-electron chi connectivity index (χ2n) is 4.47. The van der Waals surface area contributed by atoms with Gasteiger partial charge in [-0.05, 0) is 25.1 Å². The normalized spacial score (nSPS) is 10.7. The van der Waals surface area contributed by atoms with Gasteiger partial charge >= 0.3 is 0 Å². The van der Waals surface area contributed by atoms with Gasteiger partial charge in [-0.1, -0.05) is 11.3 Å². The molecule has 2 aromatic rings. The van der Waals surface area contributed by atoms with Crippen LogP contribution in [0.2, 0.25) is 0 Å². The third-order valence-electron chi connectivity index (χ3n) is 2.92. The Morgan fingerprint density at radius 2 is 2.14 bits per heavy atom. The molecule has 7 heteroatoms. The Kier molecular flexibility index (Phi) is 5.11. The van der Waals surface area contributed by atoms with Crippen LogP contribution in [0.4, 0.5) is 5.13 Å². The first kappa shape index (κ1) is 16.0. The standard InChI is InChI=1S/C15H17N3O3S/c1-9-14(10(2)19)22-15(17-9)18-16-8-11-7-12(20-3)5-6-13(11)21-4/h5-8H,1-4H3,(H,17,18)/b16-8-. The average Bonchev–Trinajstić information content (AvgIpc) is 2.88. The van der Waals surface area contributed by atoms with Crippen molar-refractivity contribution < 1.29 is 14.3 Å². The maximum Gasteiger partial charge on any atom is 0.204 e. The number of hydrogen-bond acceptors (Lipinski definition) is 7. The smallest absolute Gasteiger partial charge is 0.204 e. The van der Waals surface area contributed by atoms with Crippen molar-refractivity contribution in [3.05, 3.63) is 34.3 Å². The number of rotatable bonds is 6. The molecular weight excluding hydrogens is 302 g/mol. The number of benzene rings is 1. The largest absolute Gasteiger partial charge is 0.497 e. The molecule has 1 heterocycles. The number of nitrogens with zero attached hydrogens (tertiary/aromatic N) is 2. The number of Topliss-reactive ketones (excluding diaryl/α,β-unsaturated/α-hetero) is 1. The number of aromatic nitrogens is 1. The first-order valence-corrected chi connectivity index (χ1v) is 7.36. The number of aryl methyl sites for hydroxylation is 1. The molecule has 0 aliphatic heterocycles. The van der Waals surface area contributed by atoms with E-state index in [0.717, 1.165) is 5.56 Å². The summed E-state index contributed by atoms with van der Waals surface area (Å²) in [6, 6.07) is 5.44. The van der Waals surface area contributed by atoms with Gasteiger partial charge in [0.05, 0.1) is 31.0 Å². The average molecular weight is 319 g/mol. The topological polar surface area (TPSA) is 72.8 Å². The number of hydrazone groups is 1. The quantitative estimate of drug-likeness (QED) is 0.503. The third kappa shape index (κ3) is 3.62. The second kappa shape index (κ2) is 7.04. The van der Waals surface area contributed by atoms with Crippen molar-refractivity contribution in [2.75, 3.05) is 19.6 Å². The lowest BCUT2D eigenvalue weighted by Crippen LogP contribution is -1.95. The number of hydrogen-bond donors (Lipinski definition) is 1. The summed E-state index contributed by atoms with van der Waals surface area (Å²) in [6.07, 6.45) is 1.62. The number of thiazole rings is 1. The van der Waals surface area contributed by atoms with Crippen LogP contribution >= 0.6 is 11.3 Å². The van der Waals surface area contributed by atoms with Crippen molar-refractivity contribution in [1.82, 2.24) is 4.98 Å². The van der Waals surface area contributed by atoms with E-state index in [1.165, 1.54) is 18.3 Å². The Balaban J connectivity index is 2.15. The molecule has 22 heavy (non-hydrogen) atoms. The van der Waals surface area contributed by atoms with E-state index in [9.17, 15) is 4.79 Å². The number of ketones is 1. The fourth-order valence-electron chi connectivity index (χ4n) is 1.87. The predicted octanol–water partition coefficient (Wildman–Crippen LogP) is 3.12. The summed E-state index contributed by atoms with van der Waals surface area (Å²) in [5.41, 5.74) is 4.30. The lowest BCUT2D eigenvalue weighted by molar-refractivity contribution is 0.102. The van der Waals surface area contributed by atoms with Gasteiger partial charge in [0, 0.05) is 12.5 Å². The van der Waals surface area contributed by atoms with E-state index in [1.807, 2.05) is 18.2 Å². The first-order chi connectivity index (χ1) is 10.5. The van der Waals surface area contributed by atoms with Gasteiger partial charge in [-0.15, -0.1) is 0 Å². The van der Waals surface area contributed by atoms with Gasteiger partial charge in [0.2, 0.25) is 5.13 Å². The Hall–Kier alpha value is -2.41. The Labute approximate surface area is 132 Å². The van der Waals surface area contributed by atoms with Crippen LogP contribution < -0.4 is 14.9 Å². The highest BCUT2D eigenvalue weighted by Crippen LogP contribution is 2.24. The highest BCUT2D eigenvalue weighted by atomic mass is 32.1. The summed E-state index contributed by atoms with van der Waals surface area (Å²) in [4.78, 5) is 16.3. The number of carbonyl (C=O) groups is 1. The van der Waals surface area contributed by atoms with E-state index < -0.39 is 0 Å². The van der Waals surface area contributed by atoms with Gasteiger partial charge in [-0.2, -0.15) is 5.10 Å². The Morgan fingerprint density at radius 1 is 1.36 bits per heavy atom. The summed E-state index contributed by atoms with van der Waals surface area (Å²) < 4.78 is 10.4. The van der Waals surface area contributed by atoms with Crippen LogP contribution in [0.15, 0.2) is 23.3 Å². The number of anilines is 1. The van der Waals surface area contributed by atoms with E-state index in [4.69, 9.17) is 9.47 Å². The van der Waals surface area contributed by atoms with Crippen molar-refractivity contribution in [1.29, 1.82) is 0 Å². The van der Waals surface area contributed by atoms with Gasteiger partial charge in [-0.3, -0.25) is 10.2 Å². The number of methoxy groups -OCH3 is 2. The molecule has 0 amide bonds. The van der Waals surface area contributed by atoms with Crippen LogP contribution in [0.1, 0.15) is 27.9 Å². The van der Waals surface area contributed by atoms with Crippen LogP contribution in [0.3, 0.4) is 0 Å².